The summed E-state index contributed by atoms with van der Waals surface area (Å²) in [5, 5.41) is 6.07. The van der Waals surface area contributed by atoms with Crippen LogP contribution in [-0.2, 0) is 5.54 Å². The normalized spacial score (nSPS) is 12.0. The highest BCUT2D eigenvalue weighted by molar-refractivity contribution is 5.89. The molecule has 16 heavy (non-hydrogen) atoms. The largest absolute Gasteiger partial charge is 0.311 e. The van der Waals surface area contributed by atoms with Gasteiger partial charge in [-0.15, -0.1) is 0 Å². The Labute approximate surface area is 97.5 Å². The minimum Gasteiger partial charge on any atom is -0.311 e. The first-order chi connectivity index (χ1) is 7.56. The maximum absolute atomic E-state index is 3.37. The fraction of sp³-hybridized carbons (Fsp3) is 0.333. The minimum absolute atomic E-state index is 0.00725. The summed E-state index contributed by atoms with van der Waals surface area (Å²) in [5.41, 5.74) is 2.70. The number of fused-ring (bicyclic) bond motifs is 1. The molecule has 2 rings (SSSR count). The van der Waals surface area contributed by atoms with Crippen molar-refractivity contribution in [3.63, 3.8) is 0 Å². The van der Waals surface area contributed by atoms with Gasteiger partial charge in [-0.2, -0.15) is 0 Å². The number of nitrogens with one attached hydrogen (secondary N) is 1. The molecular weight excluding hydrogens is 194 g/mol. The van der Waals surface area contributed by atoms with E-state index in [9.17, 15) is 0 Å². The van der Waals surface area contributed by atoms with Crippen LogP contribution in [0.2, 0.25) is 0 Å². The Morgan fingerprint density at radius 3 is 2.19 bits per heavy atom. The molecule has 2 aromatic carbocycles. The third-order valence-corrected chi connectivity index (χ3v) is 3.44. The van der Waals surface area contributed by atoms with Crippen molar-refractivity contribution in [3.05, 3.63) is 47.5 Å². The standard InChI is InChI=1S/C15H19N/c1-11-9-10-14(15(2,3)16-4)13-8-6-5-7-12(11)13/h5-10,16H,1-4H3. The average Bonchev–Trinajstić information content (AvgIpc) is 2.29. The molecule has 1 nitrogen and oxygen atoms in total. The molecule has 0 amide bonds. The van der Waals surface area contributed by atoms with Crippen molar-refractivity contribution in [1.29, 1.82) is 0 Å². The molecule has 0 aromatic heterocycles. The molecule has 84 valence electrons. The molecule has 0 radical (unpaired) electrons. The highest BCUT2D eigenvalue weighted by atomic mass is 14.9. The van der Waals surface area contributed by atoms with Crippen LogP contribution >= 0.6 is 0 Å². The van der Waals surface area contributed by atoms with Crippen LogP contribution in [0.4, 0.5) is 0 Å². The van der Waals surface area contributed by atoms with Gasteiger partial charge in [-0.1, -0.05) is 36.4 Å². The fourth-order valence-corrected chi connectivity index (χ4v) is 2.13. The molecule has 0 aliphatic rings. The molecule has 0 aliphatic heterocycles. The van der Waals surface area contributed by atoms with Crippen LogP contribution in [-0.4, -0.2) is 7.05 Å². The molecule has 0 saturated carbocycles. The molecule has 0 saturated heterocycles. The summed E-state index contributed by atoms with van der Waals surface area (Å²) in [7, 11) is 2.01. The Morgan fingerprint density at radius 1 is 0.938 bits per heavy atom. The average molecular weight is 213 g/mol. The van der Waals surface area contributed by atoms with Crippen molar-refractivity contribution in [2.75, 3.05) is 7.05 Å². The smallest absolute Gasteiger partial charge is 0.0381 e. The summed E-state index contributed by atoms with van der Waals surface area (Å²) in [5.74, 6) is 0. The first-order valence-electron chi connectivity index (χ1n) is 5.74. The van der Waals surface area contributed by atoms with Gasteiger partial charge >= 0.3 is 0 Å². The van der Waals surface area contributed by atoms with E-state index in [4.69, 9.17) is 0 Å². The van der Waals surface area contributed by atoms with Crippen LogP contribution in [0, 0.1) is 6.92 Å². The second-order valence-electron chi connectivity index (χ2n) is 4.85. The highest BCUT2D eigenvalue weighted by Crippen LogP contribution is 2.29. The second-order valence-corrected chi connectivity index (χ2v) is 4.85. The van der Waals surface area contributed by atoms with Gasteiger partial charge in [0.1, 0.15) is 0 Å². The van der Waals surface area contributed by atoms with E-state index in [1.54, 1.807) is 0 Å². The van der Waals surface area contributed by atoms with Gasteiger partial charge in [-0.05, 0) is 49.7 Å². The van der Waals surface area contributed by atoms with Crippen LogP contribution in [0.15, 0.2) is 36.4 Å². The van der Waals surface area contributed by atoms with Crippen LogP contribution < -0.4 is 5.32 Å². The van der Waals surface area contributed by atoms with Crippen molar-refractivity contribution in [2.24, 2.45) is 0 Å². The Balaban J connectivity index is 2.77. The van der Waals surface area contributed by atoms with Crippen molar-refractivity contribution in [1.82, 2.24) is 5.32 Å². The van der Waals surface area contributed by atoms with Gasteiger partial charge in [-0.25, -0.2) is 0 Å². The molecule has 2 aromatic rings. The van der Waals surface area contributed by atoms with E-state index >= 15 is 0 Å². The van der Waals surface area contributed by atoms with Gasteiger partial charge < -0.3 is 5.32 Å². The van der Waals surface area contributed by atoms with E-state index < -0.39 is 0 Å². The second kappa shape index (κ2) is 3.91. The summed E-state index contributed by atoms with van der Waals surface area (Å²) < 4.78 is 0. The molecule has 1 N–H and O–H groups in total. The molecule has 0 bridgehead atoms. The maximum Gasteiger partial charge on any atom is 0.0381 e. The summed E-state index contributed by atoms with van der Waals surface area (Å²) >= 11 is 0. The van der Waals surface area contributed by atoms with Gasteiger partial charge in [0.05, 0.1) is 0 Å². The van der Waals surface area contributed by atoms with Gasteiger partial charge in [0.2, 0.25) is 0 Å². The number of hydrogen-bond acceptors (Lipinski definition) is 1. The molecule has 0 aliphatic carbocycles. The number of aryl methyl sites for hydroxylation is 1. The minimum atomic E-state index is 0.00725. The summed E-state index contributed by atoms with van der Waals surface area (Å²) in [6.45, 7) is 6.59. The van der Waals surface area contributed by atoms with Crippen LogP contribution in [0.5, 0.6) is 0 Å². The quantitative estimate of drug-likeness (QED) is 0.803. The van der Waals surface area contributed by atoms with Gasteiger partial charge in [0.15, 0.2) is 0 Å². The Kier molecular flexibility index (Phi) is 2.73. The fourth-order valence-electron chi connectivity index (χ4n) is 2.13. The Morgan fingerprint density at radius 2 is 1.56 bits per heavy atom. The first kappa shape index (κ1) is 11.2. The lowest BCUT2D eigenvalue weighted by atomic mass is 9.88. The predicted octanol–water partition coefficient (Wildman–Crippen LogP) is 3.60. The van der Waals surface area contributed by atoms with Crippen LogP contribution in [0.25, 0.3) is 10.8 Å². The topological polar surface area (TPSA) is 12.0 Å². The zero-order chi connectivity index (χ0) is 11.8. The van der Waals surface area contributed by atoms with E-state index in [1.165, 1.54) is 21.9 Å². The summed E-state index contributed by atoms with van der Waals surface area (Å²) in [6.07, 6.45) is 0. The summed E-state index contributed by atoms with van der Waals surface area (Å²) in [6, 6.07) is 13.0. The van der Waals surface area contributed by atoms with Crippen molar-refractivity contribution < 1.29 is 0 Å². The lowest BCUT2D eigenvalue weighted by Crippen LogP contribution is -2.33. The SMILES string of the molecule is CNC(C)(C)c1ccc(C)c2ccccc12. The zero-order valence-electron chi connectivity index (χ0n) is 10.5. The third-order valence-electron chi connectivity index (χ3n) is 3.44. The molecule has 0 heterocycles. The monoisotopic (exact) mass is 213 g/mol. The summed E-state index contributed by atoms with van der Waals surface area (Å²) in [4.78, 5) is 0. The first-order valence-corrected chi connectivity index (χ1v) is 5.74. The molecule has 0 atom stereocenters. The lowest BCUT2D eigenvalue weighted by Gasteiger charge is -2.26. The lowest BCUT2D eigenvalue weighted by molar-refractivity contribution is 0.448. The number of benzene rings is 2. The Hall–Kier alpha value is -1.34. The molecular formula is C15H19N. The zero-order valence-corrected chi connectivity index (χ0v) is 10.5. The van der Waals surface area contributed by atoms with Crippen LogP contribution in [0.3, 0.4) is 0 Å². The molecule has 0 spiro atoms. The van der Waals surface area contributed by atoms with Gasteiger partial charge in [0, 0.05) is 5.54 Å². The van der Waals surface area contributed by atoms with Crippen LogP contribution in [0.1, 0.15) is 25.0 Å². The Bertz CT molecular complexity index is 512. The van der Waals surface area contributed by atoms with E-state index in [0.29, 0.717) is 0 Å². The molecule has 0 unspecified atom stereocenters. The van der Waals surface area contributed by atoms with E-state index in [2.05, 4.69) is 62.5 Å². The third kappa shape index (κ3) is 1.72. The molecule has 0 fully saturated rings. The number of hydrogen-bond donors (Lipinski definition) is 1. The predicted molar refractivity (Wildman–Crippen MR) is 70.8 cm³/mol. The van der Waals surface area contributed by atoms with Gasteiger partial charge in [-0.3, -0.25) is 0 Å². The van der Waals surface area contributed by atoms with E-state index in [1.807, 2.05) is 7.05 Å². The van der Waals surface area contributed by atoms with E-state index in [0.717, 1.165) is 0 Å². The maximum atomic E-state index is 3.37. The highest BCUT2D eigenvalue weighted by Gasteiger charge is 2.20. The van der Waals surface area contributed by atoms with Crippen molar-refractivity contribution in [2.45, 2.75) is 26.3 Å². The van der Waals surface area contributed by atoms with E-state index in [-0.39, 0.29) is 5.54 Å². The van der Waals surface area contributed by atoms with Crippen molar-refractivity contribution in [3.8, 4) is 0 Å². The van der Waals surface area contributed by atoms with Gasteiger partial charge in [0.25, 0.3) is 0 Å². The van der Waals surface area contributed by atoms with Crippen molar-refractivity contribution >= 4 is 10.8 Å². The molecule has 1 heteroatoms. The number of rotatable bonds is 2.